The minimum Gasteiger partial charge on any atom is -0.385 e. The minimum atomic E-state index is -2.67. The molecule has 1 fully saturated rings. The van der Waals surface area contributed by atoms with E-state index in [0.717, 1.165) is 55.4 Å². The van der Waals surface area contributed by atoms with Crippen LogP contribution in [0, 0.1) is 5.41 Å². The van der Waals surface area contributed by atoms with Crippen molar-refractivity contribution in [3.63, 3.8) is 0 Å². The Morgan fingerprint density at radius 2 is 1.95 bits per heavy atom. The average Bonchev–Trinajstić information content (AvgIpc) is 3.41. The molecule has 0 radical (unpaired) electrons. The van der Waals surface area contributed by atoms with Gasteiger partial charge in [-0.1, -0.05) is 0 Å². The fourth-order valence-corrected chi connectivity index (χ4v) is 6.20. The number of fused-ring (bicyclic) bond motifs is 1. The number of hydrogen-bond donors (Lipinski definition) is 3. The summed E-state index contributed by atoms with van der Waals surface area (Å²) >= 11 is 0. The molecule has 2 aromatic rings. The lowest BCUT2D eigenvalue weighted by Crippen LogP contribution is -2.48. The van der Waals surface area contributed by atoms with E-state index >= 15 is 0 Å². The molecule has 1 aromatic heterocycles. The Labute approximate surface area is 234 Å². The van der Waals surface area contributed by atoms with Crippen LogP contribution in [-0.2, 0) is 18.2 Å². The Bertz CT molecular complexity index is 1280. The number of methoxy groups -OCH3 is 1. The SMILES string of the molecule is CNC(=O)N1CCC(N[C@H]2CC[C@@H](OC)CC2)=C(C(=N)N2CCCc3cc(-c4cnn(C)c4)c(C(F)F)cc32)C1. The predicted octanol–water partition coefficient (Wildman–Crippen LogP) is 4.60. The smallest absolute Gasteiger partial charge is 0.317 e. The van der Waals surface area contributed by atoms with Gasteiger partial charge in [0.25, 0.3) is 6.43 Å². The molecule has 0 atom stereocenters. The van der Waals surface area contributed by atoms with Crippen LogP contribution in [0.2, 0.25) is 0 Å². The van der Waals surface area contributed by atoms with Gasteiger partial charge >= 0.3 is 6.03 Å². The number of urea groups is 1. The van der Waals surface area contributed by atoms with Gasteiger partial charge in [0, 0.05) is 81.0 Å². The lowest BCUT2D eigenvalue weighted by molar-refractivity contribution is 0.0634. The second-order valence-corrected chi connectivity index (χ2v) is 10.9. The topological polar surface area (TPSA) is 98.5 Å². The molecular formula is C29H39F2N7O2. The lowest BCUT2D eigenvalue weighted by Gasteiger charge is -2.38. The van der Waals surface area contributed by atoms with Crippen molar-refractivity contribution < 1.29 is 18.3 Å². The molecule has 3 heterocycles. The van der Waals surface area contributed by atoms with Crippen LogP contribution in [0.1, 0.15) is 56.1 Å². The van der Waals surface area contributed by atoms with Gasteiger partial charge in [0.2, 0.25) is 0 Å². The number of amidine groups is 1. The fourth-order valence-electron chi connectivity index (χ4n) is 6.20. The van der Waals surface area contributed by atoms with Crippen molar-refractivity contribution in [2.75, 3.05) is 38.7 Å². The Morgan fingerprint density at radius 1 is 1.18 bits per heavy atom. The summed E-state index contributed by atoms with van der Waals surface area (Å²) in [7, 11) is 5.12. The van der Waals surface area contributed by atoms with Crippen molar-refractivity contribution in [1.29, 1.82) is 5.41 Å². The molecule has 9 nitrogen and oxygen atoms in total. The number of alkyl halides is 2. The second kappa shape index (κ2) is 12.0. The minimum absolute atomic E-state index is 0.0655. The third-order valence-corrected chi connectivity index (χ3v) is 8.41. The Balaban J connectivity index is 1.49. The maximum absolute atomic E-state index is 14.3. The average molecular weight is 556 g/mol. The highest BCUT2D eigenvalue weighted by atomic mass is 19.3. The first-order chi connectivity index (χ1) is 19.3. The molecule has 11 heteroatoms. The number of ether oxygens (including phenoxy) is 1. The van der Waals surface area contributed by atoms with E-state index in [9.17, 15) is 19.0 Å². The molecule has 0 unspecified atom stereocenters. The number of aryl methyl sites for hydroxylation is 2. The second-order valence-electron chi connectivity index (χ2n) is 10.9. The number of nitrogens with one attached hydrogen (secondary N) is 3. The van der Waals surface area contributed by atoms with E-state index < -0.39 is 6.43 Å². The summed E-state index contributed by atoms with van der Waals surface area (Å²) in [5.41, 5.74) is 4.36. The van der Waals surface area contributed by atoms with Gasteiger partial charge in [0.1, 0.15) is 5.84 Å². The number of halogens is 2. The Kier molecular flexibility index (Phi) is 8.39. The molecule has 216 valence electrons. The van der Waals surface area contributed by atoms with Gasteiger partial charge < -0.3 is 25.2 Å². The van der Waals surface area contributed by atoms with E-state index in [-0.39, 0.29) is 36.1 Å². The van der Waals surface area contributed by atoms with E-state index in [1.54, 1.807) is 49.2 Å². The van der Waals surface area contributed by atoms with Crippen molar-refractivity contribution >= 4 is 17.6 Å². The summed E-state index contributed by atoms with van der Waals surface area (Å²) in [6.45, 7) is 1.39. The highest BCUT2D eigenvalue weighted by Crippen LogP contribution is 2.39. The monoisotopic (exact) mass is 555 g/mol. The molecule has 1 aliphatic carbocycles. The van der Waals surface area contributed by atoms with E-state index in [2.05, 4.69) is 15.7 Å². The number of carbonyl (C=O) groups is 1. The molecule has 40 heavy (non-hydrogen) atoms. The number of amides is 2. The van der Waals surface area contributed by atoms with E-state index in [1.807, 2.05) is 11.0 Å². The molecule has 2 amide bonds. The number of anilines is 1. The summed E-state index contributed by atoms with van der Waals surface area (Å²) in [5, 5.41) is 19.9. The fraction of sp³-hybridized carbons (Fsp3) is 0.552. The molecule has 5 rings (SSSR count). The van der Waals surface area contributed by atoms with Crippen LogP contribution in [-0.4, -0.2) is 72.5 Å². The van der Waals surface area contributed by atoms with E-state index in [4.69, 9.17) is 4.74 Å². The van der Waals surface area contributed by atoms with Crippen molar-refractivity contribution in [2.45, 2.75) is 63.5 Å². The van der Waals surface area contributed by atoms with Crippen molar-refractivity contribution in [2.24, 2.45) is 7.05 Å². The standard InChI is InChI=1S/C29H39F2N7O2/c1-33-29(39)37-12-10-25(35-20-6-8-21(40-3)9-7-20)24(17-37)28(32)38-11-4-5-18-13-22(19-15-34-36(2)16-19)23(27(30)31)14-26(18)38/h13-16,20-21,27,32,35H,4-12,17H2,1-3H3,(H,33,39)/t20-,21+. The van der Waals surface area contributed by atoms with E-state index in [0.29, 0.717) is 36.3 Å². The van der Waals surface area contributed by atoms with Gasteiger partial charge in [-0.25, -0.2) is 13.6 Å². The van der Waals surface area contributed by atoms with Crippen LogP contribution >= 0.6 is 0 Å². The first kappa shape index (κ1) is 28.1. The molecule has 3 N–H and O–H groups in total. The zero-order chi connectivity index (χ0) is 28.4. The van der Waals surface area contributed by atoms with Gasteiger partial charge in [-0.3, -0.25) is 10.1 Å². The first-order valence-corrected chi connectivity index (χ1v) is 14.1. The maximum Gasteiger partial charge on any atom is 0.317 e. The van der Waals surface area contributed by atoms with Gasteiger partial charge in [0.05, 0.1) is 18.8 Å². The number of hydrogen-bond acceptors (Lipinski definition) is 5. The highest BCUT2D eigenvalue weighted by Gasteiger charge is 2.32. The van der Waals surface area contributed by atoms with Gasteiger partial charge in [0.15, 0.2) is 0 Å². The molecule has 2 aliphatic heterocycles. The Hall–Kier alpha value is -3.47. The van der Waals surface area contributed by atoms with Gasteiger partial charge in [-0.05, 0) is 61.8 Å². The van der Waals surface area contributed by atoms with Gasteiger partial charge in [-0.15, -0.1) is 0 Å². The molecule has 0 saturated heterocycles. The molecule has 0 bridgehead atoms. The quantitative estimate of drug-likeness (QED) is 0.358. The number of nitrogens with zero attached hydrogens (tertiary/aromatic N) is 4. The van der Waals surface area contributed by atoms with E-state index in [1.165, 1.54) is 0 Å². The number of rotatable bonds is 6. The molecule has 0 spiro atoms. The number of benzene rings is 1. The number of carbonyl (C=O) groups excluding carboxylic acids is 1. The number of aromatic nitrogens is 2. The third kappa shape index (κ3) is 5.70. The molecule has 1 aromatic carbocycles. The van der Waals surface area contributed by atoms with Crippen LogP contribution in [0.25, 0.3) is 11.1 Å². The van der Waals surface area contributed by atoms with Crippen molar-refractivity contribution in [1.82, 2.24) is 25.3 Å². The summed E-state index contributed by atoms with van der Waals surface area (Å²) in [6, 6.07) is 3.48. The largest absolute Gasteiger partial charge is 0.385 e. The third-order valence-electron chi connectivity index (χ3n) is 8.41. The predicted molar refractivity (Wildman–Crippen MR) is 151 cm³/mol. The normalized spacial score (nSPS) is 21.4. The lowest BCUT2D eigenvalue weighted by atomic mass is 9.91. The zero-order valence-electron chi connectivity index (χ0n) is 23.5. The summed E-state index contributed by atoms with van der Waals surface area (Å²) < 4.78 is 35.8. The van der Waals surface area contributed by atoms with Crippen LogP contribution < -0.4 is 15.5 Å². The zero-order valence-corrected chi connectivity index (χ0v) is 23.5. The summed E-state index contributed by atoms with van der Waals surface area (Å²) in [4.78, 5) is 16.1. The highest BCUT2D eigenvalue weighted by molar-refractivity contribution is 6.09. The Morgan fingerprint density at radius 3 is 2.60 bits per heavy atom. The summed E-state index contributed by atoms with van der Waals surface area (Å²) in [6.07, 6.45) is 7.02. The van der Waals surface area contributed by atoms with Crippen LogP contribution in [0.15, 0.2) is 35.8 Å². The molecular weight excluding hydrogens is 516 g/mol. The van der Waals surface area contributed by atoms with Crippen LogP contribution in [0.5, 0.6) is 0 Å². The van der Waals surface area contributed by atoms with Crippen molar-refractivity contribution in [3.8, 4) is 11.1 Å². The van der Waals surface area contributed by atoms with Gasteiger partial charge in [-0.2, -0.15) is 5.10 Å². The first-order valence-electron chi connectivity index (χ1n) is 14.1. The van der Waals surface area contributed by atoms with Crippen LogP contribution in [0.4, 0.5) is 19.3 Å². The summed E-state index contributed by atoms with van der Waals surface area (Å²) in [5.74, 6) is 0.261. The van der Waals surface area contributed by atoms with Crippen molar-refractivity contribution in [3.05, 3.63) is 46.9 Å². The van der Waals surface area contributed by atoms with Crippen LogP contribution in [0.3, 0.4) is 0 Å². The molecule has 3 aliphatic rings. The maximum atomic E-state index is 14.3. The molecule has 1 saturated carbocycles.